The number of hydrogen-bond acceptors (Lipinski definition) is 4. The number of benzene rings is 1. The van der Waals surface area contributed by atoms with Crippen molar-refractivity contribution < 1.29 is 14.5 Å². The van der Waals surface area contributed by atoms with Crippen molar-refractivity contribution in [1.82, 2.24) is 0 Å². The zero-order valence-electron chi connectivity index (χ0n) is 10.0. The zero-order chi connectivity index (χ0) is 13.5. The average molecular weight is 272 g/mol. The van der Waals surface area contributed by atoms with E-state index in [1.807, 2.05) is 0 Å². The average Bonchev–Trinajstić information content (AvgIpc) is 2.35. The van der Waals surface area contributed by atoms with Crippen LogP contribution in [-0.4, -0.2) is 17.3 Å². The molecule has 0 bridgehead atoms. The van der Waals surface area contributed by atoms with E-state index < -0.39 is 4.92 Å². The molecule has 0 saturated carbocycles. The summed E-state index contributed by atoms with van der Waals surface area (Å²) in [5.41, 5.74) is -0.163. The second-order valence-corrected chi connectivity index (χ2v) is 4.15. The summed E-state index contributed by atoms with van der Waals surface area (Å²) in [7, 11) is 0. The number of ether oxygens (including phenoxy) is 1. The van der Waals surface area contributed by atoms with Crippen molar-refractivity contribution in [3.63, 3.8) is 0 Å². The third kappa shape index (κ3) is 4.33. The SMILES string of the molecule is CCC(=O)CCCOc1ccc(Cl)cc1[N+](=O)[O-]. The number of Topliss-reactive ketones (excluding diaryl/α,β-unsaturated/α-hetero) is 1. The molecular weight excluding hydrogens is 258 g/mol. The first-order valence-electron chi connectivity index (χ1n) is 5.63. The first kappa shape index (κ1) is 14.4. The van der Waals surface area contributed by atoms with Gasteiger partial charge in [-0.05, 0) is 18.6 Å². The van der Waals surface area contributed by atoms with Crippen LogP contribution < -0.4 is 4.74 Å². The Kier molecular flexibility index (Phi) is 5.58. The summed E-state index contributed by atoms with van der Waals surface area (Å²) in [5, 5.41) is 11.1. The van der Waals surface area contributed by atoms with Crippen LogP contribution in [0.15, 0.2) is 18.2 Å². The fourth-order valence-electron chi connectivity index (χ4n) is 1.38. The third-order valence-corrected chi connectivity index (χ3v) is 2.60. The number of ketones is 1. The van der Waals surface area contributed by atoms with Gasteiger partial charge in [0.25, 0.3) is 0 Å². The maximum absolute atomic E-state index is 11.1. The highest BCUT2D eigenvalue weighted by atomic mass is 35.5. The molecule has 0 aromatic heterocycles. The van der Waals surface area contributed by atoms with Crippen LogP contribution in [0.1, 0.15) is 26.2 Å². The molecule has 0 N–H and O–H groups in total. The van der Waals surface area contributed by atoms with Crippen LogP contribution in [0.4, 0.5) is 5.69 Å². The summed E-state index contributed by atoms with van der Waals surface area (Å²) in [5.74, 6) is 0.331. The summed E-state index contributed by atoms with van der Waals surface area (Å²) in [4.78, 5) is 21.3. The molecule has 0 fully saturated rings. The smallest absolute Gasteiger partial charge is 0.312 e. The molecule has 0 aliphatic carbocycles. The molecule has 18 heavy (non-hydrogen) atoms. The van der Waals surface area contributed by atoms with Gasteiger partial charge >= 0.3 is 5.69 Å². The van der Waals surface area contributed by atoms with Crippen molar-refractivity contribution in [2.75, 3.05) is 6.61 Å². The Hall–Kier alpha value is -1.62. The lowest BCUT2D eigenvalue weighted by Crippen LogP contribution is -2.03. The number of nitro benzene ring substituents is 1. The van der Waals surface area contributed by atoms with Crippen LogP contribution >= 0.6 is 11.6 Å². The molecule has 98 valence electrons. The summed E-state index contributed by atoms with van der Waals surface area (Å²) in [6.07, 6.45) is 1.48. The Morgan fingerprint density at radius 3 is 2.83 bits per heavy atom. The van der Waals surface area contributed by atoms with Crippen molar-refractivity contribution in [3.05, 3.63) is 33.3 Å². The van der Waals surface area contributed by atoms with Crippen molar-refractivity contribution >= 4 is 23.1 Å². The fraction of sp³-hybridized carbons (Fsp3) is 0.417. The van der Waals surface area contributed by atoms with Gasteiger partial charge in [-0.25, -0.2) is 0 Å². The molecule has 0 heterocycles. The Morgan fingerprint density at radius 2 is 2.22 bits per heavy atom. The second kappa shape index (κ2) is 6.96. The number of rotatable bonds is 7. The molecule has 1 aromatic rings. The van der Waals surface area contributed by atoms with E-state index in [0.29, 0.717) is 19.3 Å². The van der Waals surface area contributed by atoms with E-state index >= 15 is 0 Å². The van der Waals surface area contributed by atoms with Crippen LogP contribution in [0.3, 0.4) is 0 Å². The maximum Gasteiger partial charge on any atom is 0.312 e. The van der Waals surface area contributed by atoms with E-state index in [9.17, 15) is 14.9 Å². The first-order valence-corrected chi connectivity index (χ1v) is 6.00. The van der Waals surface area contributed by atoms with E-state index in [1.165, 1.54) is 18.2 Å². The van der Waals surface area contributed by atoms with Gasteiger partial charge in [-0.3, -0.25) is 14.9 Å². The highest BCUT2D eigenvalue weighted by molar-refractivity contribution is 6.30. The monoisotopic (exact) mass is 271 g/mol. The molecule has 5 nitrogen and oxygen atoms in total. The summed E-state index contributed by atoms with van der Waals surface area (Å²) >= 11 is 5.68. The fourth-order valence-corrected chi connectivity index (χ4v) is 1.55. The molecule has 0 aliphatic rings. The number of halogens is 1. The standard InChI is InChI=1S/C12H14ClNO4/c1-2-10(15)4-3-7-18-12-6-5-9(13)8-11(12)14(16)17/h5-6,8H,2-4,7H2,1H3. The minimum atomic E-state index is -0.543. The van der Waals surface area contributed by atoms with E-state index in [0.717, 1.165) is 0 Å². The Bertz CT molecular complexity index is 448. The lowest BCUT2D eigenvalue weighted by molar-refractivity contribution is -0.385. The van der Waals surface area contributed by atoms with Gasteiger partial charge in [0.15, 0.2) is 5.75 Å². The first-order chi connectivity index (χ1) is 8.54. The Balaban J connectivity index is 2.56. The summed E-state index contributed by atoms with van der Waals surface area (Å²) < 4.78 is 5.30. The molecule has 0 unspecified atom stereocenters. The molecular formula is C12H14ClNO4. The van der Waals surface area contributed by atoms with E-state index in [1.54, 1.807) is 6.92 Å². The Morgan fingerprint density at radius 1 is 1.50 bits per heavy atom. The lowest BCUT2D eigenvalue weighted by atomic mass is 10.2. The van der Waals surface area contributed by atoms with Gasteiger partial charge in [0.05, 0.1) is 11.5 Å². The molecule has 1 rings (SSSR count). The molecule has 0 aliphatic heterocycles. The zero-order valence-corrected chi connectivity index (χ0v) is 10.8. The van der Waals surface area contributed by atoms with E-state index in [4.69, 9.17) is 16.3 Å². The molecule has 0 saturated heterocycles. The van der Waals surface area contributed by atoms with Gasteiger partial charge in [0.2, 0.25) is 0 Å². The van der Waals surface area contributed by atoms with Gasteiger partial charge in [0.1, 0.15) is 5.78 Å². The normalized spacial score (nSPS) is 10.1. The van der Waals surface area contributed by atoms with Crippen LogP contribution in [0.25, 0.3) is 0 Å². The van der Waals surface area contributed by atoms with Crippen molar-refractivity contribution in [3.8, 4) is 5.75 Å². The van der Waals surface area contributed by atoms with Crippen molar-refractivity contribution in [1.29, 1.82) is 0 Å². The van der Waals surface area contributed by atoms with Gasteiger partial charge in [-0.2, -0.15) is 0 Å². The lowest BCUT2D eigenvalue weighted by Gasteiger charge is -2.06. The molecule has 6 heteroatoms. The van der Waals surface area contributed by atoms with E-state index in [-0.39, 0.29) is 28.8 Å². The summed E-state index contributed by atoms with van der Waals surface area (Å²) in [6.45, 7) is 2.07. The van der Waals surface area contributed by atoms with E-state index in [2.05, 4.69) is 0 Å². The molecule has 0 amide bonds. The van der Waals surface area contributed by atoms with Gasteiger partial charge in [-0.15, -0.1) is 0 Å². The molecule has 0 atom stereocenters. The number of carbonyl (C=O) groups is 1. The largest absolute Gasteiger partial charge is 0.487 e. The van der Waals surface area contributed by atoms with Crippen LogP contribution in [0.2, 0.25) is 5.02 Å². The minimum Gasteiger partial charge on any atom is -0.487 e. The van der Waals surface area contributed by atoms with Crippen molar-refractivity contribution in [2.45, 2.75) is 26.2 Å². The predicted octanol–water partition coefficient (Wildman–Crippen LogP) is 3.39. The van der Waals surface area contributed by atoms with Crippen LogP contribution in [0.5, 0.6) is 5.75 Å². The number of nitrogens with zero attached hydrogens (tertiary/aromatic N) is 1. The number of carbonyl (C=O) groups excluding carboxylic acids is 1. The topological polar surface area (TPSA) is 69.4 Å². The molecule has 1 aromatic carbocycles. The summed E-state index contributed by atoms with van der Waals surface area (Å²) in [6, 6.07) is 4.23. The van der Waals surface area contributed by atoms with Crippen molar-refractivity contribution in [2.24, 2.45) is 0 Å². The Labute approximate surface area is 110 Å². The highest BCUT2D eigenvalue weighted by Gasteiger charge is 2.15. The predicted molar refractivity (Wildman–Crippen MR) is 68.1 cm³/mol. The highest BCUT2D eigenvalue weighted by Crippen LogP contribution is 2.29. The quantitative estimate of drug-likeness (QED) is 0.433. The molecule has 0 radical (unpaired) electrons. The van der Waals surface area contributed by atoms with Gasteiger partial charge in [-0.1, -0.05) is 18.5 Å². The number of nitro groups is 1. The molecule has 0 spiro atoms. The third-order valence-electron chi connectivity index (χ3n) is 2.37. The van der Waals surface area contributed by atoms with Crippen LogP contribution in [-0.2, 0) is 4.79 Å². The second-order valence-electron chi connectivity index (χ2n) is 3.71. The van der Waals surface area contributed by atoms with Gasteiger partial charge in [0, 0.05) is 23.9 Å². The minimum absolute atomic E-state index is 0.157. The number of hydrogen-bond donors (Lipinski definition) is 0. The van der Waals surface area contributed by atoms with Crippen LogP contribution in [0, 0.1) is 10.1 Å². The van der Waals surface area contributed by atoms with Gasteiger partial charge < -0.3 is 4.74 Å². The maximum atomic E-state index is 11.1.